The number of nitrogens with one attached hydrogen (secondary N) is 1. The lowest BCUT2D eigenvalue weighted by atomic mass is 10.1. The molecule has 114 valence electrons. The Morgan fingerprint density at radius 3 is 2.90 bits per heavy atom. The van der Waals surface area contributed by atoms with E-state index < -0.39 is 5.97 Å². The molecule has 1 aromatic rings. The molecule has 5 heteroatoms. The average molecular weight is 290 g/mol. The van der Waals surface area contributed by atoms with Gasteiger partial charge in [-0.1, -0.05) is 12.8 Å². The lowest BCUT2D eigenvalue weighted by Crippen LogP contribution is -2.18. The van der Waals surface area contributed by atoms with Gasteiger partial charge in [0.25, 0.3) is 0 Å². The zero-order valence-electron chi connectivity index (χ0n) is 12.2. The molecule has 0 amide bonds. The van der Waals surface area contributed by atoms with E-state index in [9.17, 15) is 9.90 Å². The topological polar surface area (TPSA) is 71.5 Å². The van der Waals surface area contributed by atoms with E-state index in [4.69, 9.17) is 4.74 Å². The van der Waals surface area contributed by atoms with Crippen LogP contribution in [0.5, 0.6) is 0 Å². The quantitative estimate of drug-likeness (QED) is 0.788. The van der Waals surface area contributed by atoms with Gasteiger partial charge in [-0.05, 0) is 43.7 Å². The van der Waals surface area contributed by atoms with Crippen molar-refractivity contribution >= 4 is 11.8 Å². The molecule has 0 aliphatic heterocycles. The van der Waals surface area contributed by atoms with Crippen LogP contribution >= 0.6 is 0 Å². The summed E-state index contributed by atoms with van der Waals surface area (Å²) in [7, 11) is 0. The van der Waals surface area contributed by atoms with Gasteiger partial charge in [0.05, 0.1) is 12.7 Å². The van der Waals surface area contributed by atoms with Gasteiger partial charge in [-0.15, -0.1) is 0 Å². The number of aromatic nitrogens is 1. The largest absolute Gasteiger partial charge is 0.478 e. The van der Waals surface area contributed by atoms with Crippen molar-refractivity contribution in [2.24, 2.45) is 0 Å². The Morgan fingerprint density at radius 2 is 2.14 bits per heavy atom. The molecule has 1 saturated carbocycles. The highest BCUT2D eigenvalue weighted by Crippen LogP contribution is 2.25. The highest BCUT2D eigenvalue weighted by Gasteiger charge is 2.20. The van der Waals surface area contributed by atoms with Crippen molar-refractivity contribution in [1.82, 2.24) is 4.98 Å². The van der Waals surface area contributed by atoms with E-state index in [1.165, 1.54) is 12.8 Å². The van der Waals surface area contributed by atoms with E-state index in [-0.39, 0.29) is 5.56 Å². The van der Waals surface area contributed by atoms with Crippen LogP contribution in [0.2, 0.25) is 0 Å². The summed E-state index contributed by atoms with van der Waals surface area (Å²) >= 11 is 0. The van der Waals surface area contributed by atoms with Crippen LogP contribution < -0.4 is 5.32 Å². The number of aromatic carboxylic acids is 1. The molecule has 3 rings (SSSR count). The van der Waals surface area contributed by atoms with Crippen molar-refractivity contribution in [3.05, 3.63) is 22.9 Å². The zero-order valence-corrected chi connectivity index (χ0v) is 12.2. The third kappa shape index (κ3) is 3.35. The van der Waals surface area contributed by atoms with E-state index in [1.807, 2.05) is 0 Å². The minimum atomic E-state index is -0.920. The molecule has 21 heavy (non-hydrogen) atoms. The van der Waals surface area contributed by atoms with Gasteiger partial charge < -0.3 is 15.2 Å². The Balaban J connectivity index is 1.59. The second-order valence-electron chi connectivity index (χ2n) is 5.85. The first kappa shape index (κ1) is 14.3. The molecule has 0 aromatic carbocycles. The Labute approximate surface area is 124 Å². The van der Waals surface area contributed by atoms with Crippen LogP contribution in [0.15, 0.2) is 6.07 Å². The maximum atomic E-state index is 11.4. The predicted molar refractivity (Wildman–Crippen MR) is 79.9 cm³/mol. The number of carbonyl (C=O) groups is 1. The highest BCUT2D eigenvalue weighted by molar-refractivity contribution is 5.93. The Bertz CT molecular complexity index is 524. The molecule has 2 aliphatic rings. The third-order valence-corrected chi connectivity index (χ3v) is 4.33. The number of carboxylic acid groups (broad SMARTS) is 1. The molecule has 2 aliphatic carbocycles. The summed E-state index contributed by atoms with van der Waals surface area (Å²) in [6, 6.07) is 1.78. The minimum absolute atomic E-state index is 0.275. The molecule has 0 radical (unpaired) electrons. The van der Waals surface area contributed by atoms with Gasteiger partial charge in [0, 0.05) is 12.2 Å². The van der Waals surface area contributed by atoms with E-state index in [1.54, 1.807) is 6.07 Å². The van der Waals surface area contributed by atoms with Crippen LogP contribution in [0.4, 0.5) is 5.82 Å². The lowest BCUT2D eigenvalue weighted by Gasteiger charge is -2.13. The van der Waals surface area contributed by atoms with Gasteiger partial charge in [-0.3, -0.25) is 0 Å². The molecule has 1 fully saturated rings. The van der Waals surface area contributed by atoms with Crippen LogP contribution in [-0.2, 0) is 17.6 Å². The highest BCUT2D eigenvalue weighted by atomic mass is 16.5. The number of anilines is 1. The summed E-state index contributed by atoms with van der Waals surface area (Å²) in [5.41, 5.74) is 2.40. The first-order chi connectivity index (χ1) is 10.2. The van der Waals surface area contributed by atoms with Gasteiger partial charge in [-0.25, -0.2) is 9.78 Å². The molecule has 0 atom stereocenters. The fraction of sp³-hybridized carbons (Fsp3) is 0.625. The fourth-order valence-electron chi connectivity index (χ4n) is 3.22. The van der Waals surface area contributed by atoms with Crippen LogP contribution in [0.25, 0.3) is 0 Å². The first-order valence-corrected chi connectivity index (χ1v) is 7.85. The molecule has 5 nitrogen and oxygen atoms in total. The Hall–Kier alpha value is -1.62. The summed E-state index contributed by atoms with van der Waals surface area (Å²) in [5, 5.41) is 12.4. The maximum Gasteiger partial charge on any atom is 0.339 e. The van der Waals surface area contributed by atoms with E-state index >= 15 is 0 Å². The number of pyridine rings is 1. The van der Waals surface area contributed by atoms with Gasteiger partial charge in [0.1, 0.15) is 11.4 Å². The van der Waals surface area contributed by atoms with Gasteiger partial charge in [-0.2, -0.15) is 0 Å². The SMILES string of the molecule is O=C(O)c1cc2c(nc1NCCOC1CCCC1)CCC2. The number of ether oxygens (including phenoxy) is 1. The van der Waals surface area contributed by atoms with Crippen molar-refractivity contribution in [3.63, 3.8) is 0 Å². The molecular weight excluding hydrogens is 268 g/mol. The molecule has 0 bridgehead atoms. The summed E-state index contributed by atoms with van der Waals surface area (Å²) in [4.78, 5) is 15.8. The van der Waals surface area contributed by atoms with Gasteiger partial charge >= 0.3 is 5.97 Å². The number of rotatable bonds is 6. The maximum absolute atomic E-state index is 11.4. The molecule has 2 N–H and O–H groups in total. The van der Waals surface area contributed by atoms with Crippen molar-refractivity contribution in [1.29, 1.82) is 0 Å². The van der Waals surface area contributed by atoms with E-state index in [2.05, 4.69) is 10.3 Å². The van der Waals surface area contributed by atoms with Crippen molar-refractivity contribution in [3.8, 4) is 0 Å². The van der Waals surface area contributed by atoms with Crippen LogP contribution in [0.3, 0.4) is 0 Å². The summed E-state index contributed by atoms with van der Waals surface area (Å²) in [6.45, 7) is 1.20. The van der Waals surface area contributed by atoms with Crippen LogP contribution in [0.1, 0.15) is 53.7 Å². The average Bonchev–Trinajstić information content (AvgIpc) is 3.13. The number of fused-ring (bicyclic) bond motifs is 1. The summed E-state index contributed by atoms with van der Waals surface area (Å²) in [6.07, 6.45) is 8.15. The molecule has 0 saturated heterocycles. The molecule has 0 unspecified atom stereocenters. The standard InChI is InChI=1S/C16H22N2O3/c19-16(20)13-10-11-4-3-7-14(11)18-15(13)17-8-9-21-12-5-1-2-6-12/h10,12H,1-9H2,(H,17,18)(H,19,20). The van der Waals surface area contributed by atoms with Crippen molar-refractivity contribution in [2.75, 3.05) is 18.5 Å². The number of hydrogen-bond donors (Lipinski definition) is 2. The second kappa shape index (κ2) is 6.43. The number of hydrogen-bond acceptors (Lipinski definition) is 4. The Morgan fingerprint density at radius 1 is 1.33 bits per heavy atom. The molecule has 0 spiro atoms. The normalized spacial score (nSPS) is 17.9. The molecule has 1 aromatic heterocycles. The van der Waals surface area contributed by atoms with Crippen LogP contribution in [-0.4, -0.2) is 35.3 Å². The van der Waals surface area contributed by atoms with Crippen LogP contribution in [0, 0.1) is 0 Å². The monoisotopic (exact) mass is 290 g/mol. The third-order valence-electron chi connectivity index (χ3n) is 4.33. The summed E-state index contributed by atoms with van der Waals surface area (Å²) < 4.78 is 5.78. The van der Waals surface area contributed by atoms with Crippen molar-refractivity contribution in [2.45, 2.75) is 51.0 Å². The lowest BCUT2D eigenvalue weighted by molar-refractivity contribution is 0.0655. The minimum Gasteiger partial charge on any atom is -0.478 e. The second-order valence-corrected chi connectivity index (χ2v) is 5.85. The zero-order chi connectivity index (χ0) is 14.7. The molecule has 1 heterocycles. The first-order valence-electron chi connectivity index (χ1n) is 7.85. The number of carboxylic acids is 1. The number of nitrogens with zero attached hydrogens (tertiary/aromatic N) is 1. The smallest absolute Gasteiger partial charge is 0.339 e. The molecular formula is C16H22N2O3. The van der Waals surface area contributed by atoms with Gasteiger partial charge in [0.2, 0.25) is 0 Å². The Kier molecular flexibility index (Phi) is 4.39. The van der Waals surface area contributed by atoms with Gasteiger partial charge in [0.15, 0.2) is 0 Å². The van der Waals surface area contributed by atoms with E-state index in [0.29, 0.717) is 25.1 Å². The van der Waals surface area contributed by atoms with E-state index in [0.717, 1.165) is 43.4 Å². The predicted octanol–water partition coefficient (Wildman–Crippen LogP) is 2.64. The number of aryl methyl sites for hydroxylation is 2. The van der Waals surface area contributed by atoms with Crippen molar-refractivity contribution < 1.29 is 14.6 Å². The fourth-order valence-corrected chi connectivity index (χ4v) is 3.22. The summed E-state index contributed by atoms with van der Waals surface area (Å²) in [5.74, 6) is -0.436.